The predicted molar refractivity (Wildman–Crippen MR) is 90.4 cm³/mol. The van der Waals surface area contributed by atoms with E-state index < -0.39 is 23.9 Å². The van der Waals surface area contributed by atoms with Gasteiger partial charge in [-0.3, -0.25) is 14.9 Å². The summed E-state index contributed by atoms with van der Waals surface area (Å²) in [7, 11) is 1.49. The van der Waals surface area contributed by atoms with E-state index in [-0.39, 0.29) is 36.8 Å². The molecule has 1 heterocycles. The summed E-state index contributed by atoms with van der Waals surface area (Å²) < 4.78 is 43.3. The van der Waals surface area contributed by atoms with Gasteiger partial charge in [-0.1, -0.05) is 12.1 Å². The van der Waals surface area contributed by atoms with Gasteiger partial charge >= 0.3 is 6.18 Å². The SMILES string of the molecule is COCC1NC(=O)CC(C(=O)N[C@@H](c2ccc(C(F)(F)F)cc2)C2CC2)N1. The third kappa shape index (κ3) is 4.98. The zero-order chi connectivity index (χ0) is 19.6. The molecule has 3 atom stereocenters. The fourth-order valence-corrected chi connectivity index (χ4v) is 3.24. The lowest BCUT2D eigenvalue weighted by Gasteiger charge is -2.31. The number of ether oxygens (including phenoxy) is 1. The van der Waals surface area contributed by atoms with Crippen molar-refractivity contribution in [2.75, 3.05) is 13.7 Å². The topological polar surface area (TPSA) is 79.5 Å². The number of carbonyl (C=O) groups excluding carboxylic acids is 2. The van der Waals surface area contributed by atoms with Gasteiger partial charge < -0.3 is 15.4 Å². The minimum atomic E-state index is -4.40. The van der Waals surface area contributed by atoms with Crippen LogP contribution in [0.1, 0.15) is 36.4 Å². The Balaban J connectivity index is 1.69. The summed E-state index contributed by atoms with van der Waals surface area (Å²) in [6, 6.07) is 3.78. The standard InChI is InChI=1S/C18H22F3N3O3/c1-27-9-14-22-13(8-15(25)23-14)17(26)24-16(10-2-3-10)11-4-6-12(7-5-11)18(19,20)21/h4-7,10,13-14,16,22H,2-3,8-9H2,1H3,(H,23,25)(H,24,26)/t13?,14?,16-/m1/s1. The molecule has 2 fully saturated rings. The highest BCUT2D eigenvalue weighted by Crippen LogP contribution is 2.41. The fourth-order valence-electron chi connectivity index (χ4n) is 3.24. The average molecular weight is 385 g/mol. The van der Waals surface area contributed by atoms with Crippen LogP contribution in [-0.4, -0.2) is 37.7 Å². The Hall–Kier alpha value is -2.13. The van der Waals surface area contributed by atoms with Crippen LogP contribution < -0.4 is 16.0 Å². The van der Waals surface area contributed by atoms with Gasteiger partial charge in [0.2, 0.25) is 11.8 Å². The molecule has 1 saturated carbocycles. The van der Waals surface area contributed by atoms with E-state index in [1.54, 1.807) is 0 Å². The smallest absolute Gasteiger partial charge is 0.381 e. The van der Waals surface area contributed by atoms with Gasteiger partial charge in [-0.05, 0) is 36.5 Å². The first-order chi connectivity index (χ1) is 12.8. The quantitative estimate of drug-likeness (QED) is 0.697. The van der Waals surface area contributed by atoms with Crippen molar-refractivity contribution in [3.8, 4) is 0 Å². The van der Waals surface area contributed by atoms with Gasteiger partial charge in [0.25, 0.3) is 0 Å². The van der Waals surface area contributed by atoms with E-state index in [0.717, 1.165) is 25.0 Å². The number of hydrogen-bond donors (Lipinski definition) is 3. The molecular weight excluding hydrogens is 363 g/mol. The van der Waals surface area contributed by atoms with Crippen molar-refractivity contribution >= 4 is 11.8 Å². The van der Waals surface area contributed by atoms with Crippen LogP contribution >= 0.6 is 0 Å². The second-order valence-electron chi connectivity index (χ2n) is 6.94. The highest BCUT2D eigenvalue weighted by molar-refractivity contribution is 5.89. The van der Waals surface area contributed by atoms with Crippen LogP contribution in [-0.2, 0) is 20.5 Å². The Kier molecular flexibility index (Phi) is 5.71. The molecule has 27 heavy (non-hydrogen) atoms. The monoisotopic (exact) mass is 385 g/mol. The van der Waals surface area contributed by atoms with E-state index in [1.165, 1.54) is 19.2 Å². The molecule has 148 valence electrons. The van der Waals surface area contributed by atoms with Gasteiger partial charge in [-0.15, -0.1) is 0 Å². The Morgan fingerprint density at radius 3 is 2.52 bits per heavy atom. The molecule has 1 aliphatic carbocycles. The fraction of sp³-hybridized carbons (Fsp3) is 0.556. The molecule has 0 radical (unpaired) electrons. The average Bonchev–Trinajstić information content (AvgIpc) is 3.43. The van der Waals surface area contributed by atoms with Gasteiger partial charge in [0.1, 0.15) is 6.17 Å². The molecule has 0 bridgehead atoms. The van der Waals surface area contributed by atoms with Crippen molar-refractivity contribution in [1.82, 2.24) is 16.0 Å². The lowest BCUT2D eigenvalue weighted by Crippen LogP contribution is -2.62. The van der Waals surface area contributed by atoms with E-state index in [2.05, 4.69) is 16.0 Å². The molecule has 1 aromatic rings. The number of hydrogen-bond acceptors (Lipinski definition) is 4. The minimum absolute atomic E-state index is 0.00353. The Bertz CT molecular complexity index is 689. The second-order valence-corrected chi connectivity index (χ2v) is 6.94. The van der Waals surface area contributed by atoms with Crippen LogP contribution in [0, 0.1) is 5.92 Å². The number of alkyl halides is 3. The Morgan fingerprint density at radius 1 is 1.30 bits per heavy atom. The highest BCUT2D eigenvalue weighted by Gasteiger charge is 2.37. The van der Waals surface area contributed by atoms with E-state index >= 15 is 0 Å². The number of benzene rings is 1. The first-order valence-corrected chi connectivity index (χ1v) is 8.80. The highest BCUT2D eigenvalue weighted by atomic mass is 19.4. The molecule has 6 nitrogen and oxygen atoms in total. The molecular formula is C18H22F3N3O3. The summed E-state index contributed by atoms with van der Waals surface area (Å²) >= 11 is 0. The largest absolute Gasteiger partial charge is 0.416 e. The number of carbonyl (C=O) groups is 2. The Labute approximate surface area is 154 Å². The third-order valence-electron chi connectivity index (χ3n) is 4.77. The maximum atomic E-state index is 12.8. The van der Waals surface area contributed by atoms with Crippen molar-refractivity contribution in [2.45, 2.75) is 43.7 Å². The lowest BCUT2D eigenvalue weighted by atomic mass is 9.99. The molecule has 1 aliphatic heterocycles. The molecule has 1 aromatic carbocycles. The van der Waals surface area contributed by atoms with Crippen molar-refractivity contribution in [3.63, 3.8) is 0 Å². The van der Waals surface area contributed by atoms with Crippen LogP contribution in [0.15, 0.2) is 24.3 Å². The summed E-state index contributed by atoms with van der Waals surface area (Å²) in [5.74, 6) is -0.408. The number of methoxy groups -OCH3 is 1. The first-order valence-electron chi connectivity index (χ1n) is 8.80. The molecule has 0 aromatic heterocycles. The molecule has 9 heteroatoms. The maximum absolute atomic E-state index is 12.8. The van der Waals surface area contributed by atoms with Crippen LogP contribution in [0.5, 0.6) is 0 Å². The zero-order valence-electron chi connectivity index (χ0n) is 14.8. The van der Waals surface area contributed by atoms with E-state index in [0.29, 0.717) is 5.56 Å². The normalized spacial score (nSPS) is 24.2. The van der Waals surface area contributed by atoms with E-state index in [9.17, 15) is 22.8 Å². The van der Waals surface area contributed by atoms with E-state index in [4.69, 9.17) is 4.74 Å². The van der Waals surface area contributed by atoms with Crippen LogP contribution in [0.25, 0.3) is 0 Å². The molecule has 3 rings (SSSR count). The zero-order valence-corrected chi connectivity index (χ0v) is 14.8. The van der Waals surface area contributed by atoms with Gasteiger partial charge in [0.05, 0.1) is 30.7 Å². The molecule has 0 spiro atoms. The van der Waals surface area contributed by atoms with Gasteiger partial charge in [0, 0.05) is 7.11 Å². The summed E-state index contributed by atoms with van der Waals surface area (Å²) in [5.41, 5.74) is -0.0901. The molecule has 1 saturated heterocycles. The van der Waals surface area contributed by atoms with Crippen molar-refractivity contribution in [1.29, 1.82) is 0 Å². The third-order valence-corrected chi connectivity index (χ3v) is 4.77. The number of rotatable bonds is 6. The second kappa shape index (κ2) is 7.85. The molecule has 2 amide bonds. The summed E-state index contributed by atoms with van der Waals surface area (Å²) in [6.07, 6.45) is -3.06. The number of halogens is 3. The van der Waals surface area contributed by atoms with Gasteiger partial charge in [-0.2, -0.15) is 13.2 Å². The van der Waals surface area contributed by atoms with Gasteiger partial charge in [-0.25, -0.2) is 0 Å². The van der Waals surface area contributed by atoms with E-state index in [1.807, 2.05) is 0 Å². The van der Waals surface area contributed by atoms with Gasteiger partial charge in [0.15, 0.2) is 0 Å². The minimum Gasteiger partial charge on any atom is -0.381 e. The molecule has 3 N–H and O–H groups in total. The maximum Gasteiger partial charge on any atom is 0.416 e. The van der Waals surface area contributed by atoms with Crippen molar-refractivity contribution in [3.05, 3.63) is 35.4 Å². The predicted octanol–water partition coefficient (Wildman–Crippen LogP) is 1.72. The van der Waals surface area contributed by atoms with Crippen LogP contribution in [0.3, 0.4) is 0 Å². The summed E-state index contributed by atoms with van der Waals surface area (Å²) in [6.45, 7) is 0.223. The molecule has 2 unspecified atom stereocenters. The summed E-state index contributed by atoms with van der Waals surface area (Å²) in [4.78, 5) is 24.5. The number of nitrogens with one attached hydrogen (secondary N) is 3. The first kappa shape index (κ1) is 19.6. The van der Waals surface area contributed by atoms with Crippen molar-refractivity contribution in [2.24, 2.45) is 5.92 Å². The molecule has 2 aliphatic rings. The number of amides is 2. The Morgan fingerprint density at radius 2 is 1.96 bits per heavy atom. The lowest BCUT2D eigenvalue weighted by molar-refractivity contribution is -0.137. The van der Waals surface area contributed by atoms with Crippen molar-refractivity contribution < 1.29 is 27.5 Å². The summed E-state index contributed by atoms with van der Waals surface area (Å²) in [5, 5.41) is 8.60. The van der Waals surface area contributed by atoms with Crippen LogP contribution in [0.4, 0.5) is 13.2 Å². The van der Waals surface area contributed by atoms with Crippen LogP contribution in [0.2, 0.25) is 0 Å².